The van der Waals surface area contributed by atoms with E-state index in [0.717, 1.165) is 6.07 Å². The van der Waals surface area contributed by atoms with Gasteiger partial charge in [0, 0.05) is 6.04 Å². The van der Waals surface area contributed by atoms with Gasteiger partial charge >= 0.3 is 6.18 Å². The second-order valence-electron chi connectivity index (χ2n) is 4.27. The van der Waals surface area contributed by atoms with Gasteiger partial charge in [-0.25, -0.2) is 0 Å². The standard InChI is InChI=1S/C12H16F3N/c1-8(2)11(16)7-9-5-3-4-6-10(9)12(13,14)15/h3-6,8,11H,7,16H2,1-2H3/t11-/m1/s1. The molecule has 0 unspecified atom stereocenters. The molecule has 0 aliphatic carbocycles. The Labute approximate surface area is 93.5 Å². The zero-order valence-corrected chi connectivity index (χ0v) is 9.38. The highest BCUT2D eigenvalue weighted by Gasteiger charge is 2.33. The van der Waals surface area contributed by atoms with E-state index in [9.17, 15) is 13.2 Å². The molecule has 0 radical (unpaired) electrons. The maximum Gasteiger partial charge on any atom is 0.416 e. The molecule has 0 aliphatic heterocycles. The summed E-state index contributed by atoms with van der Waals surface area (Å²) in [6.45, 7) is 3.81. The summed E-state index contributed by atoms with van der Waals surface area (Å²) in [6, 6.07) is 5.35. The van der Waals surface area contributed by atoms with E-state index in [1.54, 1.807) is 6.07 Å². The molecular weight excluding hydrogens is 215 g/mol. The number of benzene rings is 1. The van der Waals surface area contributed by atoms with Crippen molar-refractivity contribution in [3.05, 3.63) is 35.4 Å². The molecular formula is C12H16F3N. The fourth-order valence-electron chi connectivity index (χ4n) is 1.46. The smallest absolute Gasteiger partial charge is 0.327 e. The van der Waals surface area contributed by atoms with Crippen molar-refractivity contribution >= 4 is 0 Å². The minimum absolute atomic E-state index is 0.168. The maximum atomic E-state index is 12.7. The van der Waals surface area contributed by atoms with Crippen molar-refractivity contribution in [3.8, 4) is 0 Å². The average molecular weight is 231 g/mol. The molecule has 0 spiro atoms. The molecule has 1 aromatic rings. The molecule has 0 bridgehead atoms. The van der Waals surface area contributed by atoms with E-state index in [-0.39, 0.29) is 23.9 Å². The number of hydrogen-bond donors (Lipinski definition) is 1. The largest absolute Gasteiger partial charge is 0.416 e. The predicted molar refractivity (Wildman–Crippen MR) is 58.0 cm³/mol. The van der Waals surface area contributed by atoms with Crippen LogP contribution in [0.2, 0.25) is 0 Å². The Balaban J connectivity index is 2.96. The second-order valence-corrected chi connectivity index (χ2v) is 4.27. The molecule has 1 nitrogen and oxygen atoms in total. The Morgan fingerprint density at radius 3 is 2.25 bits per heavy atom. The van der Waals surface area contributed by atoms with Crippen molar-refractivity contribution in [2.75, 3.05) is 0 Å². The highest BCUT2D eigenvalue weighted by Crippen LogP contribution is 2.32. The maximum absolute atomic E-state index is 12.7. The molecule has 16 heavy (non-hydrogen) atoms. The van der Waals surface area contributed by atoms with E-state index >= 15 is 0 Å². The molecule has 0 aliphatic rings. The van der Waals surface area contributed by atoms with Gasteiger partial charge in [-0.3, -0.25) is 0 Å². The third-order valence-electron chi connectivity index (χ3n) is 2.63. The van der Waals surface area contributed by atoms with E-state index in [2.05, 4.69) is 0 Å². The van der Waals surface area contributed by atoms with E-state index < -0.39 is 11.7 Å². The Morgan fingerprint density at radius 2 is 1.75 bits per heavy atom. The van der Waals surface area contributed by atoms with Crippen LogP contribution in [0.25, 0.3) is 0 Å². The first kappa shape index (κ1) is 13.0. The number of nitrogens with two attached hydrogens (primary N) is 1. The van der Waals surface area contributed by atoms with Gasteiger partial charge in [0.25, 0.3) is 0 Å². The molecule has 1 aromatic carbocycles. The molecule has 1 rings (SSSR count). The van der Waals surface area contributed by atoms with Crippen LogP contribution in [0.4, 0.5) is 13.2 Å². The predicted octanol–water partition coefficient (Wildman–Crippen LogP) is 3.23. The molecule has 1 atom stereocenters. The van der Waals surface area contributed by atoms with Crippen molar-refractivity contribution in [3.63, 3.8) is 0 Å². The highest BCUT2D eigenvalue weighted by atomic mass is 19.4. The lowest BCUT2D eigenvalue weighted by atomic mass is 9.94. The van der Waals surface area contributed by atoms with E-state index in [1.807, 2.05) is 13.8 Å². The van der Waals surface area contributed by atoms with Crippen molar-refractivity contribution < 1.29 is 13.2 Å². The van der Waals surface area contributed by atoms with E-state index in [4.69, 9.17) is 5.73 Å². The van der Waals surface area contributed by atoms with Crippen LogP contribution < -0.4 is 5.73 Å². The fourth-order valence-corrected chi connectivity index (χ4v) is 1.46. The van der Waals surface area contributed by atoms with Crippen molar-refractivity contribution in [2.24, 2.45) is 11.7 Å². The first-order valence-electron chi connectivity index (χ1n) is 5.23. The molecule has 0 aromatic heterocycles. The van der Waals surface area contributed by atoms with Crippen molar-refractivity contribution in [2.45, 2.75) is 32.5 Å². The van der Waals surface area contributed by atoms with Gasteiger partial charge in [0.1, 0.15) is 0 Å². The third-order valence-corrected chi connectivity index (χ3v) is 2.63. The van der Waals surface area contributed by atoms with Gasteiger partial charge in [0.05, 0.1) is 5.56 Å². The highest BCUT2D eigenvalue weighted by molar-refractivity contribution is 5.30. The number of hydrogen-bond acceptors (Lipinski definition) is 1. The number of alkyl halides is 3. The van der Waals surface area contributed by atoms with Crippen LogP contribution in [0.1, 0.15) is 25.0 Å². The summed E-state index contributed by atoms with van der Waals surface area (Å²) in [5.74, 6) is 0.168. The van der Waals surface area contributed by atoms with Crippen LogP contribution in [-0.4, -0.2) is 6.04 Å². The first-order chi connectivity index (χ1) is 7.32. The van der Waals surface area contributed by atoms with Crippen LogP contribution in [0, 0.1) is 5.92 Å². The summed E-state index contributed by atoms with van der Waals surface area (Å²) in [6.07, 6.45) is -4.04. The minimum atomic E-state index is -4.30. The molecule has 0 saturated carbocycles. The molecule has 0 fully saturated rings. The van der Waals surface area contributed by atoms with Crippen LogP contribution in [0.15, 0.2) is 24.3 Å². The molecule has 2 N–H and O–H groups in total. The summed E-state index contributed by atoms with van der Waals surface area (Å²) >= 11 is 0. The summed E-state index contributed by atoms with van der Waals surface area (Å²) in [4.78, 5) is 0. The molecule has 90 valence electrons. The van der Waals surface area contributed by atoms with Crippen molar-refractivity contribution in [1.82, 2.24) is 0 Å². The summed E-state index contributed by atoms with van der Waals surface area (Å²) in [5, 5.41) is 0. The lowest BCUT2D eigenvalue weighted by Crippen LogP contribution is -2.29. The number of rotatable bonds is 3. The third kappa shape index (κ3) is 3.23. The molecule has 4 heteroatoms. The zero-order chi connectivity index (χ0) is 12.3. The molecule has 0 saturated heterocycles. The van der Waals surface area contributed by atoms with E-state index in [1.165, 1.54) is 12.1 Å². The van der Waals surface area contributed by atoms with Crippen LogP contribution in [0.3, 0.4) is 0 Å². The summed E-state index contributed by atoms with van der Waals surface area (Å²) in [5.41, 5.74) is 5.49. The SMILES string of the molecule is CC(C)[C@H](N)Cc1ccccc1C(F)(F)F. The fraction of sp³-hybridized carbons (Fsp3) is 0.500. The average Bonchev–Trinajstić information content (AvgIpc) is 2.16. The minimum Gasteiger partial charge on any atom is -0.327 e. The summed E-state index contributed by atoms with van der Waals surface area (Å²) in [7, 11) is 0. The van der Waals surface area contributed by atoms with Gasteiger partial charge in [0.2, 0.25) is 0 Å². The van der Waals surface area contributed by atoms with Gasteiger partial charge in [-0.2, -0.15) is 13.2 Å². The van der Waals surface area contributed by atoms with Crippen LogP contribution in [0.5, 0.6) is 0 Å². The normalized spacial score (nSPS) is 14.2. The van der Waals surface area contributed by atoms with Gasteiger partial charge in [-0.05, 0) is 24.0 Å². The van der Waals surface area contributed by atoms with Crippen molar-refractivity contribution in [1.29, 1.82) is 0 Å². The van der Waals surface area contributed by atoms with Gasteiger partial charge in [0.15, 0.2) is 0 Å². The Hall–Kier alpha value is -1.03. The van der Waals surface area contributed by atoms with Crippen LogP contribution in [-0.2, 0) is 12.6 Å². The lowest BCUT2D eigenvalue weighted by Gasteiger charge is -2.18. The second kappa shape index (κ2) is 4.87. The Morgan fingerprint density at radius 1 is 1.19 bits per heavy atom. The first-order valence-corrected chi connectivity index (χ1v) is 5.23. The topological polar surface area (TPSA) is 26.0 Å². The van der Waals surface area contributed by atoms with Gasteiger partial charge in [-0.15, -0.1) is 0 Å². The Kier molecular flexibility index (Phi) is 3.97. The molecule has 0 heterocycles. The lowest BCUT2D eigenvalue weighted by molar-refractivity contribution is -0.138. The van der Waals surface area contributed by atoms with Gasteiger partial charge < -0.3 is 5.73 Å². The Bertz CT molecular complexity index is 344. The number of halogens is 3. The van der Waals surface area contributed by atoms with Gasteiger partial charge in [-0.1, -0.05) is 32.0 Å². The molecule has 0 amide bonds. The summed E-state index contributed by atoms with van der Waals surface area (Å²) < 4.78 is 38.0. The quantitative estimate of drug-likeness (QED) is 0.849. The zero-order valence-electron chi connectivity index (χ0n) is 9.38. The monoisotopic (exact) mass is 231 g/mol. The van der Waals surface area contributed by atoms with Crippen LogP contribution >= 0.6 is 0 Å². The van der Waals surface area contributed by atoms with E-state index in [0.29, 0.717) is 0 Å².